The highest BCUT2D eigenvalue weighted by atomic mass is 16.2. The van der Waals surface area contributed by atoms with E-state index in [9.17, 15) is 4.79 Å². The van der Waals surface area contributed by atoms with E-state index in [1.807, 2.05) is 24.1 Å². The van der Waals surface area contributed by atoms with E-state index in [4.69, 9.17) is 0 Å². The van der Waals surface area contributed by atoms with Gasteiger partial charge in [-0.2, -0.15) is 0 Å². The molecule has 0 radical (unpaired) electrons. The minimum atomic E-state index is 0.175. The predicted octanol–water partition coefficient (Wildman–Crippen LogP) is 1.38. The molecule has 0 aliphatic carbocycles. The molecule has 1 aliphatic rings. The predicted molar refractivity (Wildman–Crippen MR) is 72.6 cm³/mol. The van der Waals surface area contributed by atoms with Crippen LogP contribution in [0.25, 0.3) is 11.2 Å². The Morgan fingerprint density at radius 2 is 2.37 bits per heavy atom. The smallest absolute Gasteiger partial charge is 0.219 e. The molecule has 2 aromatic heterocycles. The zero-order valence-electron chi connectivity index (χ0n) is 11.3. The van der Waals surface area contributed by atoms with Crippen molar-refractivity contribution in [2.75, 3.05) is 13.1 Å². The number of aromatic nitrogens is 3. The third kappa shape index (κ3) is 2.20. The molecule has 19 heavy (non-hydrogen) atoms. The molecule has 3 rings (SSSR count). The van der Waals surface area contributed by atoms with Gasteiger partial charge in [0.1, 0.15) is 11.3 Å². The Kier molecular flexibility index (Phi) is 2.97. The van der Waals surface area contributed by atoms with Gasteiger partial charge >= 0.3 is 0 Å². The maximum Gasteiger partial charge on any atom is 0.219 e. The standard InChI is InChI=1S/C14H18N4O/c1-10(19)18-7-5-11(9-18)8-13-16-12-4-3-6-15-14(12)17(13)2/h3-4,6,11H,5,7-9H2,1-2H3/t11-/m0/s1. The van der Waals surface area contributed by atoms with Gasteiger partial charge in [-0.3, -0.25) is 4.79 Å². The third-order valence-electron chi connectivity index (χ3n) is 3.92. The normalized spacial score (nSPS) is 19.3. The quantitative estimate of drug-likeness (QED) is 0.817. The zero-order valence-corrected chi connectivity index (χ0v) is 11.3. The van der Waals surface area contributed by atoms with Gasteiger partial charge in [-0.25, -0.2) is 9.97 Å². The number of hydrogen-bond donors (Lipinski definition) is 0. The molecule has 3 heterocycles. The number of carbonyl (C=O) groups is 1. The molecule has 0 saturated carbocycles. The molecule has 100 valence electrons. The average molecular weight is 258 g/mol. The molecule has 0 aromatic carbocycles. The number of imidazole rings is 1. The third-order valence-corrected chi connectivity index (χ3v) is 3.92. The summed E-state index contributed by atoms with van der Waals surface area (Å²) in [6, 6.07) is 3.90. The Hall–Kier alpha value is -1.91. The summed E-state index contributed by atoms with van der Waals surface area (Å²) >= 11 is 0. The number of pyridine rings is 1. The molecule has 1 aliphatic heterocycles. The van der Waals surface area contributed by atoms with E-state index < -0.39 is 0 Å². The van der Waals surface area contributed by atoms with Crippen molar-refractivity contribution in [2.24, 2.45) is 13.0 Å². The van der Waals surface area contributed by atoms with Gasteiger partial charge in [0.15, 0.2) is 5.65 Å². The van der Waals surface area contributed by atoms with Crippen LogP contribution in [0.15, 0.2) is 18.3 Å². The topological polar surface area (TPSA) is 51.0 Å². The Balaban J connectivity index is 1.79. The van der Waals surface area contributed by atoms with Crippen molar-refractivity contribution in [1.82, 2.24) is 19.4 Å². The van der Waals surface area contributed by atoms with Crippen LogP contribution in [-0.4, -0.2) is 38.4 Å². The van der Waals surface area contributed by atoms with Crippen LogP contribution in [0.2, 0.25) is 0 Å². The number of nitrogens with zero attached hydrogens (tertiary/aromatic N) is 4. The molecule has 0 bridgehead atoms. The van der Waals surface area contributed by atoms with Crippen LogP contribution in [0.5, 0.6) is 0 Å². The molecule has 1 atom stereocenters. The summed E-state index contributed by atoms with van der Waals surface area (Å²) in [5.41, 5.74) is 1.88. The van der Waals surface area contributed by atoms with Crippen LogP contribution < -0.4 is 0 Å². The number of likely N-dealkylation sites (tertiary alicyclic amines) is 1. The van der Waals surface area contributed by atoms with E-state index in [0.29, 0.717) is 5.92 Å². The Morgan fingerprint density at radius 3 is 3.05 bits per heavy atom. The highest BCUT2D eigenvalue weighted by Crippen LogP contribution is 2.22. The minimum absolute atomic E-state index is 0.175. The van der Waals surface area contributed by atoms with Crippen LogP contribution in [0.3, 0.4) is 0 Å². The Labute approximate surface area is 112 Å². The molecule has 0 unspecified atom stereocenters. The largest absolute Gasteiger partial charge is 0.343 e. The molecular formula is C14H18N4O. The van der Waals surface area contributed by atoms with Crippen molar-refractivity contribution >= 4 is 17.1 Å². The fourth-order valence-corrected chi connectivity index (χ4v) is 2.80. The monoisotopic (exact) mass is 258 g/mol. The summed E-state index contributed by atoms with van der Waals surface area (Å²) in [7, 11) is 2.01. The zero-order chi connectivity index (χ0) is 13.4. The first kappa shape index (κ1) is 12.1. The number of rotatable bonds is 2. The lowest BCUT2D eigenvalue weighted by atomic mass is 10.0. The molecular weight excluding hydrogens is 240 g/mol. The van der Waals surface area contributed by atoms with E-state index in [1.165, 1.54) is 0 Å². The lowest BCUT2D eigenvalue weighted by Gasteiger charge is -2.13. The maximum atomic E-state index is 11.3. The first-order valence-electron chi connectivity index (χ1n) is 6.67. The molecule has 1 amide bonds. The van der Waals surface area contributed by atoms with Crippen molar-refractivity contribution in [3.8, 4) is 0 Å². The van der Waals surface area contributed by atoms with E-state index >= 15 is 0 Å². The van der Waals surface area contributed by atoms with E-state index in [2.05, 4.69) is 14.5 Å². The number of amides is 1. The van der Waals surface area contributed by atoms with Gasteiger partial charge in [-0.1, -0.05) is 0 Å². The minimum Gasteiger partial charge on any atom is -0.343 e. The van der Waals surface area contributed by atoms with Crippen LogP contribution in [0, 0.1) is 5.92 Å². The second-order valence-corrected chi connectivity index (χ2v) is 5.26. The lowest BCUT2D eigenvalue weighted by Crippen LogP contribution is -2.26. The number of carbonyl (C=O) groups excluding carboxylic acids is 1. The SMILES string of the molecule is CC(=O)N1CC[C@@H](Cc2nc3cccnc3n2C)C1. The summed E-state index contributed by atoms with van der Waals surface area (Å²) in [5.74, 6) is 1.75. The Bertz CT molecular complexity index is 619. The molecule has 5 nitrogen and oxygen atoms in total. The van der Waals surface area contributed by atoms with Gasteiger partial charge in [0.25, 0.3) is 0 Å². The second kappa shape index (κ2) is 4.64. The van der Waals surface area contributed by atoms with Gasteiger partial charge in [0.05, 0.1) is 0 Å². The second-order valence-electron chi connectivity index (χ2n) is 5.26. The highest BCUT2D eigenvalue weighted by molar-refractivity contribution is 5.73. The van der Waals surface area contributed by atoms with Gasteiger partial charge in [0.2, 0.25) is 5.91 Å². The number of hydrogen-bond acceptors (Lipinski definition) is 3. The Morgan fingerprint density at radius 1 is 1.53 bits per heavy atom. The number of fused-ring (bicyclic) bond motifs is 1. The van der Waals surface area contributed by atoms with Crippen molar-refractivity contribution in [2.45, 2.75) is 19.8 Å². The average Bonchev–Trinajstić information content (AvgIpc) is 2.97. The summed E-state index contributed by atoms with van der Waals surface area (Å²) in [6.07, 6.45) is 3.77. The molecule has 1 saturated heterocycles. The highest BCUT2D eigenvalue weighted by Gasteiger charge is 2.25. The molecule has 0 N–H and O–H groups in total. The van der Waals surface area contributed by atoms with Crippen molar-refractivity contribution in [3.63, 3.8) is 0 Å². The summed E-state index contributed by atoms with van der Waals surface area (Å²) < 4.78 is 2.06. The van der Waals surface area contributed by atoms with Crippen molar-refractivity contribution in [1.29, 1.82) is 0 Å². The summed E-state index contributed by atoms with van der Waals surface area (Å²) in [4.78, 5) is 22.3. The van der Waals surface area contributed by atoms with E-state index in [0.717, 1.165) is 42.9 Å². The van der Waals surface area contributed by atoms with Gasteiger partial charge in [-0.15, -0.1) is 0 Å². The number of aryl methyl sites for hydroxylation is 1. The summed E-state index contributed by atoms with van der Waals surface area (Å²) in [6.45, 7) is 3.37. The van der Waals surface area contributed by atoms with E-state index in [-0.39, 0.29) is 5.91 Å². The maximum absolute atomic E-state index is 11.3. The van der Waals surface area contributed by atoms with E-state index in [1.54, 1.807) is 13.1 Å². The van der Waals surface area contributed by atoms with Crippen LogP contribution >= 0.6 is 0 Å². The van der Waals surface area contributed by atoms with Crippen LogP contribution in [0.4, 0.5) is 0 Å². The molecule has 5 heteroatoms. The van der Waals surface area contributed by atoms with Crippen LogP contribution in [0.1, 0.15) is 19.2 Å². The van der Waals surface area contributed by atoms with Gasteiger partial charge < -0.3 is 9.47 Å². The molecule has 0 spiro atoms. The van der Waals surface area contributed by atoms with Crippen molar-refractivity contribution in [3.05, 3.63) is 24.2 Å². The summed E-state index contributed by atoms with van der Waals surface area (Å²) in [5, 5.41) is 0. The molecule has 2 aromatic rings. The van der Waals surface area contributed by atoms with Gasteiger partial charge in [-0.05, 0) is 24.5 Å². The van der Waals surface area contributed by atoms with Gasteiger partial charge in [0, 0.05) is 39.7 Å². The lowest BCUT2D eigenvalue weighted by molar-refractivity contribution is -0.127. The fourth-order valence-electron chi connectivity index (χ4n) is 2.80. The fraction of sp³-hybridized carbons (Fsp3) is 0.500. The first-order chi connectivity index (χ1) is 9.15. The first-order valence-corrected chi connectivity index (χ1v) is 6.67. The van der Waals surface area contributed by atoms with Crippen molar-refractivity contribution < 1.29 is 4.79 Å². The van der Waals surface area contributed by atoms with Crippen LogP contribution in [-0.2, 0) is 18.3 Å². The molecule has 1 fully saturated rings.